The van der Waals surface area contributed by atoms with Crippen molar-refractivity contribution in [2.45, 2.75) is 51.7 Å². The lowest BCUT2D eigenvalue weighted by Crippen LogP contribution is -2.39. The fraction of sp³-hybridized carbons (Fsp3) is 0.833. The van der Waals surface area contributed by atoms with E-state index in [0.717, 1.165) is 12.8 Å². The van der Waals surface area contributed by atoms with Crippen LogP contribution in [0, 0.1) is 0 Å². The molecule has 0 saturated heterocycles. The molecule has 0 unspecified atom stereocenters. The van der Waals surface area contributed by atoms with Gasteiger partial charge in [-0.1, -0.05) is 0 Å². The molecule has 1 amide bonds. The summed E-state index contributed by atoms with van der Waals surface area (Å²) in [5.74, 6) is -0.306. The van der Waals surface area contributed by atoms with Crippen molar-refractivity contribution in [3.63, 3.8) is 0 Å². The van der Waals surface area contributed by atoms with Crippen LogP contribution < -0.4 is 0 Å². The van der Waals surface area contributed by atoms with Crippen molar-refractivity contribution in [3.8, 4) is 0 Å². The largest absolute Gasteiger partial charge is 0.469 e. The maximum absolute atomic E-state index is 11.9. The Bertz CT molecular complexity index is 291. The summed E-state index contributed by atoms with van der Waals surface area (Å²) >= 11 is 0. The summed E-state index contributed by atoms with van der Waals surface area (Å²) < 4.78 is 9.87. The molecule has 0 spiro atoms. The Morgan fingerprint density at radius 1 is 1.29 bits per heavy atom. The molecular weight excluding hydrogens is 222 g/mol. The standard InChI is InChI=1S/C12H21NO4/c1-12(2,3)17-11(15)13(9-5-6-9)8-7-10(14)16-4/h9H,5-8H2,1-4H3. The van der Waals surface area contributed by atoms with Crippen molar-refractivity contribution < 1.29 is 19.1 Å². The van der Waals surface area contributed by atoms with Gasteiger partial charge in [0, 0.05) is 12.6 Å². The minimum absolute atomic E-state index is 0.215. The van der Waals surface area contributed by atoms with E-state index in [0.29, 0.717) is 6.54 Å². The molecule has 0 aromatic rings. The number of methoxy groups -OCH3 is 1. The lowest BCUT2D eigenvalue weighted by molar-refractivity contribution is -0.140. The summed E-state index contributed by atoms with van der Waals surface area (Å²) in [6.07, 6.45) is 1.84. The first-order valence-corrected chi connectivity index (χ1v) is 5.90. The average Bonchev–Trinajstić information content (AvgIpc) is 2.99. The highest BCUT2D eigenvalue weighted by Gasteiger charge is 2.35. The molecule has 0 N–H and O–H groups in total. The Balaban J connectivity index is 2.48. The van der Waals surface area contributed by atoms with Crippen molar-refractivity contribution in [3.05, 3.63) is 0 Å². The zero-order valence-corrected chi connectivity index (χ0v) is 11.0. The van der Waals surface area contributed by atoms with E-state index in [9.17, 15) is 9.59 Å². The SMILES string of the molecule is COC(=O)CCN(C(=O)OC(C)(C)C)C1CC1. The summed E-state index contributed by atoms with van der Waals surface area (Å²) in [4.78, 5) is 24.6. The number of rotatable bonds is 4. The highest BCUT2D eigenvalue weighted by Crippen LogP contribution is 2.28. The molecular formula is C12H21NO4. The van der Waals surface area contributed by atoms with Crippen LogP contribution in [0.4, 0.5) is 4.79 Å². The molecule has 98 valence electrons. The molecule has 1 saturated carbocycles. The van der Waals surface area contributed by atoms with Crippen LogP contribution in [-0.4, -0.2) is 42.3 Å². The minimum atomic E-state index is -0.504. The lowest BCUT2D eigenvalue weighted by atomic mass is 10.2. The third-order valence-electron chi connectivity index (χ3n) is 2.40. The van der Waals surface area contributed by atoms with Gasteiger partial charge in [-0.2, -0.15) is 0 Å². The quantitative estimate of drug-likeness (QED) is 0.708. The van der Waals surface area contributed by atoms with Gasteiger partial charge in [0.05, 0.1) is 13.5 Å². The number of hydrogen-bond acceptors (Lipinski definition) is 4. The van der Waals surface area contributed by atoms with Gasteiger partial charge in [-0.05, 0) is 33.6 Å². The maximum atomic E-state index is 11.9. The molecule has 5 heteroatoms. The Morgan fingerprint density at radius 2 is 1.88 bits per heavy atom. The van der Waals surface area contributed by atoms with Crippen LogP contribution in [0.25, 0.3) is 0 Å². The van der Waals surface area contributed by atoms with E-state index in [1.165, 1.54) is 7.11 Å². The molecule has 17 heavy (non-hydrogen) atoms. The highest BCUT2D eigenvalue weighted by molar-refractivity contribution is 5.72. The number of carbonyl (C=O) groups excluding carboxylic acids is 2. The summed E-state index contributed by atoms with van der Waals surface area (Å²) in [5.41, 5.74) is -0.504. The number of ether oxygens (including phenoxy) is 2. The highest BCUT2D eigenvalue weighted by atomic mass is 16.6. The number of hydrogen-bond donors (Lipinski definition) is 0. The first-order valence-electron chi connectivity index (χ1n) is 5.90. The van der Waals surface area contributed by atoms with Crippen LogP contribution in [0.2, 0.25) is 0 Å². The topological polar surface area (TPSA) is 55.8 Å². The number of carbonyl (C=O) groups is 2. The van der Waals surface area contributed by atoms with E-state index in [2.05, 4.69) is 4.74 Å². The van der Waals surface area contributed by atoms with E-state index in [1.807, 2.05) is 20.8 Å². The van der Waals surface area contributed by atoms with E-state index >= 15 is 0 Å². The maximum Gasteiger partial charge on any atom is 0.410 e. The molecule has 1 fully saturated rings. The minimum Gasteiger partial charge on any atom is -0.469 e. The molecule has 0 heterocycles. The van der Waals surface area contributed by atoms with Crippen LogP contribution in [0.5, 0.6) is 0 Å². The van der Waals surface area contributed by atoms with E-state index < -0.39 is 5.60 Å². The second-order valence-electron chi connectivity index (χ2n) is 5.23. The monoisotopic (exact) mass is 243 g/mol. The number of amides is 1. The second-order valence-corrected chi connectivity index (χ2v) is 5.23. The zero-order chi connectivity index (χ0) is 13.1. The van der Waals surface area contributed by atoms with Crippen LogP contribution in [0.1, 0.15) is 40.0 Å². The third-order valence-corrected chi connectivity index (χ3v) is 2.40. The smallest absolute Gasteiger partial charge is 0.410 e. The third kappa shape index (κ3) is 5.06. The summed E-state index contributed by atoms with van der Waals surface area (Å²) in [5, 5.41) is 0. The number of esters is 1. The van der Waals surface area contributed by atoms with Gasteiger partial charge in [0.2, 0.25) is 0 Å². The Hall–Kier alpha value is -1.26. The fourth-order valence-electron chi connectivity index (χ4n) is 1.44. The Kier molecular flexibility index (Phi) is 4.37. The molecule has 1 rings (SSSR count). The second kappa shape index (κ2) is 5.38. The van der Waals surface area contributed by atoms with Crippen LogP contribution >= 0.6 is 0 Å². The van der Waals surface area contributed by atoms with Gasteiger partial charge in [-0.15, -0.1) is 0 Å². The molecule has 5 nitrogen and oxygen atoms in total. The van der Waals surface area contributed by atoms with E-state index in [-0.39, 0.29) is 24.5 Å². The van der Waals surface area contributed by atoms with Gasteiger partial charge >= 0.3 is 12.1 Å². The molecule has 0 bridgehead atoms. The van der Waals surface area contributed by atoms with Gasteiger partial charge in [0.15, 0.2) is 0 Å². The zero-order valence-electron chi connectivity index (χ0n) is 11.0. The summed E-state index contributed by atoms with van der Waals surface area (Å²) in [6.45, 7) is 5.86. The molecule has 0 atom stereocenters. The molecule has 0 aromatic carbocycles. The fourth-order valence-corrected chi connectivity index (χ4v) is 1.44. The first kappa shape index (κ1) is 13.8. The van der Waals surface area contributed by atoms with Gasteiger partial charge in [-0.25, -0.2) is 4.79 Å². The van der Waals surface area contributed by atoms with Crippen molar-refractivity contribution >= 4 is 12.1 Å². The van der Waals surface area contributed by atoms with Gasteiger partial charge in [-0.3, -0.25) is 4.79 Å². The van der Waals surface area contributed by atoms with Crippen molar-refractivity contribution in [2.24, 2.45) is 0 Å². The molecule has 0 aliphatic heterocycles. The van der Waals surface area contributed by atoms with Crippen LogP contribution in [-0.2, 0) is 14.3 Å². The van der Waals surface area contributed by atoms with Gasteiger partial charge in [0.1, 0.15) is 5.60 Å². The van der Waals surface area contributed by atoms with Crippen molar-refractivity contribution in [1.82, 2.24) is 4.90 Å². The first-order chi connectivity index (χ1) is 7.83. The lowest BCUT2D eigenvalue weighted by Gasteiger charge is -2.27. The van der Waals surface area contributed by atoms with Crippen molar-refractivity contribution in [1.29, 1.82) is 0 Å². The molecule has 0 radical (unpaired) electrons. The van der Waals surface area contributed by atoms with Gasteiger partial charge in [0.25, 0.3) is 0 Å². The predicted octanol–water partition coefficient (Wildman–Crippen LogP) is 1.95. The Morgan fingerprint density at radius 3 is 2.29 bits per heavy atom. The van der Waals surface area contributed by atoms with E-state index in [1.54, 1.807) is 4.90 Å². The summed E-state index contributed by atoms with van der Waals surface area (Å²) in [6, 6.07) is 0.231. The summed E-state index contributed by atoms with van der Waals surface area (Å²) in [7, 11) is 1.34. The van der Waals surface area contributed by atoms with Crippen LogP contribution in [0.3, 0.4) is 0 Å². The molecule has 1 aliphatic rings. The number of nitrogens with zero attached hydrogens (tertiary/aromatic N) is 1. The van der Waals surface area contributed by atoms with Crippen molar-refractivity contribution in [2.75, 3.05) is 13.7 Å². The van der Waals surface area contributed by atoms with Crippen LogP contribution in [0.15, 0.2) is 0 Å². The normalized spacial score (nSPS) is 15.3. The average molecular weight is 243 g/mol. The molecule has 1 aliphatic carbocycles. The van der Waals surface area contributed by atoms with Gasteiger partial charge < -0.3 is 14.4 Å². The Labute approximate surface area is 102 Å². The van der Waals surface area contributed by atoms with E-state index in [4.69, 9.17) is 4.74 Å². The molecule has 0 aromatic heterocycles. The predicted molar refractivity (Wildman–Crippen MR) is 62.6 cm³/mol.